The van der Waals surface area contributed by atoms with Gasteiger partial charge in [-0.15, -0.1) is 0 Å². The second kappa shape index (κ2) is 10.3. The third-order valence-corrected chi connectivity index (χ3v) is 8.58. The minimum absolute atomic E-state index is 0.0164. The van der Waals surface area contributed by atoms with Crippen molar-refractivity contribution in [1.29, 1.82) is 0 Å². The van der Waals surface area contributed by atoms with Gasteiger partial charge in [-0.1, -0.05) is 97.1 Å². The van der Waals surface area contributed by atoms with E-state index in [1.54, 1.807) is 16.9 Å². The lowest BCUT2D eigenvalue weighted by Crippen LogP contribution is -2.63. The van der Waals surface area contributed by atoms with Crippen LogP contribution in [0.1, 0.15) is 39.9 Å². The molecule has 1 saturated heterocycles. The fourth-order valence-corrected chi connectivity index (χ4v) is 6.69. The minimum atomic E-state index is -0.606. The Morgan fingerprint density at radius 3 is 2.17 bits per heavy atom. The zero-order valence-corrected chi connectivity index (χ0v) is 22.9. The summed E-state index contributed by atoms with van der Waals surface area (Å²) in [7, 11) is 1.64. The lowest BCUT2D eigenvalue weighted by atomic mass is 9.85. The van der Waals surface area contributed by atoms with E-state index in [-0.39, 0.29) is 24.3 Å². The smallest absolute Gasteiger partial charge is 0.246 e. The van der Waals surface area contributed by atoms with E-state index < -0.39 is 12.1 Å². The molecule has 0 spiro atoms. The number of methoxy groups -OCH3 is 1. The second-order valence-corrected chi connectivity index (χ2v) is 10.8. The highest BCUT2D eigenvalue weighted by Crippen LogP contribution is 2.45. The molecule has 0 unspecified atom stereocenters. The highest BCUT2D eigenvalue weighted by molar-refractivity contribution is 5.97. The Morgan fingerprint density at radius 2 is 1.46 bits per heavy atom. The molecule has 41 heavy (non-hydrogen) atoms. The van der Waals surface area contributed by atoms with Crippen LogP contribution in [0.3, 0.4) is 0 Å². The molecular formula is C35H31N3O3. The van der Waals surface area contributed by atoms with E-state index in [0.29, 0.717) is 18.7 Å². The van der Waals surface area contributed by atoms with Crippen LogP contribution in [0.4, 0.5) is 0 Å². The number of amides is 2. The first-order valence-corrected chi connectivity index (χ1v) is 14.1. The summed E-state index contributed by atoms with van der Waals surface area (Å²) < 4.78 is 5.75. The molecule has 2 amide bonds. The summed E-state index contributed by atoms with van der Waals surface area (Å²) in [6, 6.07) is 35.3. The van der Waals surface area contributed by atoms with Gasteiger partial charge >= 0.3 is 0 Å². The molecule has 6 nitrogen and oxygen atoms in total. The first-order valence-electron chi connectivity index (χ1n) is 14.1. The highest BCUT2D eigenvalue weighted by atomic mass is 16.5. The van der Waals surface area contributed by atoms with E-state index in [2.05, 4.69) is 35.3 Å². The summed E-state index contributed by atoms with van der Waals surface area (Å²) in [5.41, 5.74) is 6.15. The van der Waals surface area contributed by atoms with Crippen molar-refractivity contribution in [2.75, 3.05) is 20.2 Å². The molecule has 0 saturated carbocycles. The Kier molecular flexibility index (Phi) is 6.31. The lowest BCUT2D eigenvalue weighted by molar-refractivity contribution is -0.158. The second-order valence-electron chi connectivity index (χ2n) is 10.8. The van der Waals surface area contributed by atoms with Crippen molar-refractivity contribution in [2.45, 2.75) is 24.4 Å². The van der Waals surface area contributed by atoms with Crippen molar-refractivity contribution in [2.24, 2.45) is 0 Å². The molecule has 204 valence electrons. The number of H-pyrrole nitrogens is 1. The van der Waals surface area contributed by atoms with Crippen LogP contribution in [-0.4, -0.2) is 52.8 Å². The summed E-state index contributed by atoms with van der Waals surface area (Å²) in [6.45, 7) is 0.468. The quantitative estimate of drug-likeness (QED) is 0.300. The Balaban J connectivity index is 1.31. The average molecular weight is 542 g/mol. The zero-order valence-electron chi connectivity index (χ0n) is 22.9. The number of nitrogens with one attached hydrogen (secondary N) is 1. The predicted octanol–water partition coefficient (Wildman–Crippen LogP) is 5.69. The number of piperazine rings is 1. The maximum Gasteiger partial charge on any atom is 0.246 e. The number of aromatic nitrogens is 1. The fourth-order valence-electron chi connectivity index (χ4n) is 6.69. The van der Waals surface area contributed by atoms with Gasteiger partial charge in [0, 0.05) is 41.0 Å². The van der Waals surface area contributed by atoms with Gasteiger partial charge in [0.05, 0.1) is 13.7 Å². The molecule has 7 rings (SSSR count). The van der Waals surface area contributed by atoms with E-state index in [4.69, 9.17) is 4.74 Å². The molecule has 1 aromatic heterocycles. The number of hydrogen-bond donors (Lipinski definition) is 1. The molecule has 1 fully saturated rings. The van der Waals surface area contributed by atoms with Crippen LogP contribution >= 0.6 is 0 Å². The third kappa shape index (κ3) is 4.27. The van der Waals surface area contributed by atoms with Gasteiger partial charge in [-0.3, -0.25) is 9.59 Å². The van der Waals surface area contributed by atoms with Crippen LogP contribution < -0.4 is 4.74 Å². The third-order valence-electron chi connectivity index (χ3n) is 8.58. The molecule has 1 N–H and O–H groups in total. The number of aromatic amines is 1. The molecule has 2 aliphatic rings. The van der Waals surface area contributed by atoms with Crippen molar-refractivity contribution >= 4 is 22.7 Å². The molecule has 0 aliphatic carbocycles. The zero-order chi connectivity index (χ0) is 27.9. The van der Waals surface area contributed by atoms with Crippen LogP contribution in [0.5, 0.6) is 5.75 Å². The number of benzene rings is 4. The van der Waals surface area contributed by atoms with Gasteiger partial charge in [0.2, 0.25) is 11.8 Å². The van der Waals surface area contributed by atoms with E-state index in [0.717, 1.165) is 38.9 Å². The normalized spacial score (nSPS) is 18.5. The molecule has 5 aromatic rings. The Bertz CT molecular complexity index is 1690. The van der Waals surface area contributed by atoms with Crippen molar-refractivity contribution < 1.29 is 14.3 Å². The Hall–Kier alpha value is -4.84. The number of carbonyl (C=O) groups is 2. The molecular weight excluding hydrogens is 510 g/mol. The van der Waals surface area contributed by atoms with Crippen molar-refractivity contribution in [1.82, 2.24) is 14.8 Å². The van der Waals surface area contributed by atoms with Crippen LogP contribution in [0.15, 0.2) is 109 Å². The molecule has 2 aliphatic heterocycles. The van der Waals surface area contributed by atoms with E-state index in [1.165, 1.54) is 0 Å². The van der Waals surface area contributed by atoms with Crippen LogP contribution in [0.2, 0.25) is 0 Å². The summed E-state index contributed by atoms with van der Waals surface area (Å²) in [5, 5.41) is 1.09. The summed E-state index contributed by atoms with van der Waals surface area (Å²) in [6.07, 6.45) is 0.466. The first kappa shape index (κ1) is 25.1. The van der Waals surface area contributed by atoms with Gasteiger partial charge in [0.15, 0.2) is 0 Å². The van der Waals surface area contributed by atoms with Crippen LogP contribution in [-0.2, 0) is 16.0 Å². The highest BCUT2D eigenvalue weighted by Gasteiger charge is 2.49. The molecule has 0 radical (unpaired) electrons. The lowest BCUT2D eigenvalue weighted by Gasteiger charge is -2.47. The maximum atomic E-state index is 14.4. The standard InChI is InChI=1S/C35H31N3O3/c1-41-31-19-11-9-17-26(31)34-33-27(25-16-8-10-18-29(25)36-33)20-30-35(40)37(22-32(39)38(30)34)21-28(23-12-4-2-5-13-23)24-14-6-3-7-15-24/h2-19,28,30,34,36H,20-22H2,1H3/t30-,34-/m0/s1. The summed E-state index contributed by atoms with van der Waals surface area (Å²) in [4.78, 5) is 35.7. The van der Waals surface area contributed by atoms with Gasteiger partial charge in [0.1, 0.15) is 17.8 Å². The van der Waals surface area contributed by atoms with Gasteiger partial charge in [-0.05, 0) is 28.8 Å². The van der Waals surface area contributed by atoms with E-state index in [1.807, 2.05) is 78.9 Å². The van der Waals surface area contributed by atoms with Gasteiger partial charge in [-0.25, -0.2) is 0 Å². The number of hydrogen-bond acceptors (Lipinski definition) is 3. The molecule has 0 bridgehead atoms. The number of rotatable bonds is 6. The average Bonchev–Trinajstić information content (AvgIpc) is 3.40. The van der Waals surface area contributed by atoms with Crippen molar-refractivity contribution in [3.63, 3.8) is 0 Å². The van der Waals surface area contributed by atoms with E-state index in [9.17, 15) is 9.59 Å². The van der Waals surface area contributed by atoms with Crippen LogP contribution in [0, 0.1) is 0 Å². The number of para-hydroxylation sites is 2. The number of ether oxygens (including phenoxy) is 1. The molecule has 3 heterocycles. The topological polar surface area (TPSA) is 65.6 Å². The Morgan fingerprint density at radius 1 is 0.829 bits per heavy atom. The summed E-state index contributed by atoms with van der Waals surface area (Å²) in [5.74, 6) is 0.573. The monoisotopic (exact) mass is 541 g/mol. The minimum Gasteiger partial charge on any atom is -0.496 e. The largest absolute Gasteiger partial charge is 0.496 e. The molecule has 4 aromatic carbocycles. The maximum absolute atomic E-state index is 14.4. The first-order chi connectivity index (χ1) is 20.1. The van der Waals surface area contributed by atoms with E-state index >= 15 is 0 Å². The number of carbonyl (C=O) groups excluding carboxylic acids is 2. The Labute approximate surface area is 239 Å². The van der Waals surface area contributed by atoms with Crippen LogP contribution in [0.25, 0.3) is 10.9 Å². The number of nitrogens with zero attached hydrogens (tertiary/aromatic N) is 2. The predicted molar refractivity (Wildman–Crippen MR) is 159 cm³/mol. The number of fused-ring (bicyclic) bond motifs is 4. The van der Waals surface area contributed by atoms with Crippen molar-refractivity contribution in [3.8, 4) is 5.75 Å². The molecule has 6 heteroatoms. The van der Waals surface area contributed by atoms with Gasteiger partial charge in [0.25, 0.3) is 0 Å². The fraction of sp³-hybridized carbons (Fsp3) is 0.200. The molecule has 2 atom stereocenters. The van der Waals surface area contributed by atoms with Gasteiger partial charge < -0.3 is 19.5 Å². The van der Waals surface area contributed by atoms with Crippen molar-refractivity contribution in [3.05, 3.63) is 137 Å². The van der Waals surface area contributed by atoms with Gasteiger partial charge in [-0.2, -0.15) is 0 Å². The summed E-state index contributed by atoms with van der Waals surface area (Å²) >= 11 is 0. The SMILES string of the molecule is COc1ccccc1[C@H]1c2[nH]c3ccccc3c2C[C@H]2C(=O)N(CC(c3ccccc3)c3ccccc3)CC(=O)N12.